The van der Waals surface area contributed by atoms with E-state index in [9.17, 15) is 24.6 Å². The molecule has 4 atom stereocenters. The lowest BCUT2D eigenvalue weighted by Crippen LogP contribution is -2.56. The summed E-state index contributed by atoms with van der Waals surface area (Å²) in [4.78, 5) is 43.7. The number of nitrogens with zero attached hydrogens (tertiary/aromatic N) is 2. The molecular weight excluding hydrogens is 398 g/mol. The summed E-state index contributed by atoms with van der Waals surface area (Å²) in [5, 5.41) is 23.6. The minimum absolute atomic E-state index is 0.0692. The number of carbonyl (C=O) groups excluding carboxylic acids is 2. The Bertz CT molecular complexity index is 631. The van der Waals surface area contributed by atoms with Gasteiger partial charge in [0.15, 0.2) is 11.9 Å². The van der Waals surface area contributed by atoms with Gasteiger partial charge in [0.05, 0.1) is 6.10 Å². The topological polar surface area (TPSA) is 271 Å². The quantitative estimate of drug-likeness (QED) is 0.0727. The molecule has 14 N–H and O–H groups in total. The molecule has 0 saturated carbocycles. The first-order valence-corrected chi connectivity index (χ1v) is 9.33. The highest BCUT2D eigenvalue weighted by Crippen LogP contribution is 2.04. The van der Waals surface area contributed by atoms with Gasteiger partial charge in [0, 0.05) is 13.1 Å². The molecule has 0 spiro atoms. The third-order valence-electron chi connectivity index (χ3n) is 3.96. The number of nitrogens with one attached hydrogen (secondary N) is 2. The van der Waals surface area contributed by atoms with Crippen molar-refractivity contribution in [1.29, 1.82) is 0 Å². The zero-order chi connectivity index (χ0) is 23.3. The van der Waals surface area contributed by atoms with Gasteiger partial charge >= 0.3 is 5.97 Å². The number of aliphatic hydroxyl groups is 1. The molecule has 0 heterocycles. The Morgan fingerprint density at radius 3 is 1.70 bits per heavy atom. The molecule has 2 amide bonds. The SMILES string of the molecule is CC(O)C(N)C(=O)NC(CCCN=C(N)N)C(=O)NC(CCCN=C(N)N)C(=O)O. The zero-order valence-corrected chi connectivity index (χ0v) is 17.0. The summed E-state index contributed by atoms with van der Waals surface area (Å²) in [5.74, 6) is -2.97. The number of guanidine groups is 2. The number of amides is 2. The van der Waals surface area contributed by atoms with Crippen molar-refractivity contribution in [3.63, 3.8) is 0 Å². The Kier molecular flexibility index (Phi) is 12.5. The first-order chi connectivity index (χ1) is 14.0. The van der Waals surface area contributed by atoms with E-state index in [-0.39, 0.29) is 37.9 Å². The second kappa shape index (κ2) is 13.9. The average molecular weight is 431 g/mol. The van der Waals surface area contributed by atoms with Gasteiger partial charge in [-0.15, -0.1) is 0 Å². The molecule has 30 heavy (non-hydrogen) atoms. The molecule has 0 aromatic carbocycles. The molecule has 0 aromatic heterocycles. The van der Waals surface area contributed by atoms with E-state index < -0.39 is 42.0 Å². The number of aliphatic carboxylic acids is 1. The molecule has 172 valence electrons. The van der Waals surface area contributed by atoms with Crippen LogP contribution in [-0.4, -0.2) is 77.2 Å². The van der Waals surface area contributed by atoms with Crippen LogP contribution in [-0.2, 0) is 14.4 Å². The Morgan fingerprint density at radius 2 is 1.30 bits per heavy atom. The van der Waals surface area contributed by atoms with E-state index in [0.29, 0.717) is 12.8 Å². The standard InChI is InChI=1S/C16H33N9O5/c1-8(26)11(17)13(28)24-9(4-2-6-22-15(18)19)12(27)25-10(14(29)30)5-3-7-23-16(20)21/h8-11,26H,2-7,17H2,1H3,(H,24,28)(H,25,27)(H,29,30)(H4,18,19,22)(H4,20,21,23). The fourth-order valence-corrected chi connectivity index (χ4v) is 2.29. The van der Waals surface area contributed by atoms with Crippen molar-refractivity contribution in [2.75, 3.05) is 13.1 Å². The molecular formula is C16H33N9O5. The van der Waals surface area contributed by atoms with Crippen molar-refractivity contribution >= 4 is 29.7 Å². The Labute approximate surface area is 174 Å². The van der Waals surface area contributed by atoms with Crippen LogP contribution in [0.25, 0.3) is 0 Å². The number of aliphatic imine (C=N–C) groups is 2. The van der Waals surface area contributed by atoms with Gasteiger partial charge in [0.2, 0.25) is 11.8 Å². The van der Waals surface area contributed by atoms with Gasteiger partial charge in [0.1, 0.15) is 18.1 Å². The lowest BCUT2D eigenvalue weighted by molar-refractivity contribution is -0.142. The van der Waals surface area contributed by atoms with Gasteiger partial charge in [-0.05, 0) is 32.6 Å². The van der Waals surface area contributed by atoms with Gasteiger partial charge in [-0.3, -0.25) is 19.6 Å². The first-order valence-electron chi connectivity index (χ1n) is 9.33. The maximum absolute atomic E-state index is 12.6. The fraction of sp³-hybridized carbons (Fsp3) is 0.688. The van der Waals surface area contributed by atoms with Crippen LogP contribution in [0.2, 0.25) is 0 Å². The van der Waals surface area contributed by atoms with Gasteiger partial charge in [-0.25, -0.2) is 4.79 Å². The van der Waals surface area contributed by atoms with Gasteiger partial charge < -0.3 is 49.5 Å². The van der Waals surface area contributed by atoms with E-state index in [0.717, 1.165) is 0 Å². The van der Waals surface area contributed by atoms with Gasteiger partial charge in [0.25, 0.3) is 0 Å². The first kappa shape index (κ1) is 26.9. The van der Waals surface area contributed by atoms with Crippen molar-refractivity contribution in [3.8, 4) is 0 Å². The molecule has 0 bridgehead atoms. The van der Waals surface area contributed by atoms with E-state index in [4.69, 9.17) is 28.7 Å². The molecule has 0 aliphatic rings. The molecule has 0 aliphatic heterocycles. The summed E-state index contributed by atoms with van der Waals surface area (Å²) in [6, 6.07) is -3.57. The number of carbonyl (C=O) groups is 3. The highest BCUT2D eigenvalue weighted by molar-refractivity contribution is 5.91. The molecule has 4 unspecified atom stereocenters. The third kappa shape index (κ3) is 11.7. The summed E-state index contributed by atoms with van der Waals surface area (Å²) >= 11 is 0. The third-order valence-corrected chi connectivity index (χ3v) is 3.96. The van der Waals surface area contributed by atoms with Crippen molar-refractivity contribution in [3.05, 3.63) is 0 Å². The Morgan fingerprint density at radius 1 is 0.867 bits per heavy atom. The van der Waals surface area contributed by atoms with Crippen LogP contribution in [0.4, 0.5) is 0 Å². The average Bonchev–Trinajstić information content (AvgIpc) is 2.64. The van der Waals surface area contributed by atoms with E-state index in [2.05, 4.69) is 20.6 Å². The number of nitrogens with two attached hydrogens (primary N) is 5. The fourth-order valence-electron chi connectivity index (χ4n) is 2.29. The minimum Gasteiger partial charge on any atom is -0.480 e. The predicted octanol–water partition coefficient (Wildman–Crippen LogP) is -4.14. The van der Waals surface area contributed by atoms with E-state index in [1.54, 1.807) is 0 Å². The minimum atomic E-state index is -1.26. The molecule has 0 fully saturated rings. The molecule has 14 heteroatoms. The van der Waals surface area contributed by atoms with Crippen LogP contribution < -0.4 is 39.3 Å². The van der Waals surface area contributed by atoms with E-state index in [1.807, 2.05) is 0 Å². The van der Waals surface area contributed by atoms with Crippen molar-refractivity contribution < 1.29 is 24.6 Å². The van der Waals surface area contributed by atoms with Crippen molar-refractivity contribution in [2.24, 2.45) is 38.7 Å². The lowest BCUT2D eigenvalue weighted by atomic mass is 10.1. The van der Waals surface area contributed by atoms with Crippen molar-refractivity contribution in [1.82, 2.24) is 10.6 Å². The largest absolute Gasteiger partial charge is 0.480 e. The van der Waals surface area contributed by atoms with Crippen LogP contribution in [0.5, 0.6) is 0 Å². The number of carboxylic acid groups (broad SMARTS) is 1. The molecule has 14 nitrogen and oxygen atoms in total. The van der Waals surface area contributed by atoms with Crippen LogP contribution in [0.15, 0.2) is 9.98 Å². The van der Waals surface area contributed by atoms with Crippen LogP contribution in [0, 0.1) is 0 Å². The zero-order valence-electron chi connectivity index (χ0n) is 17.0. The van der Waals surface area contributed by atoms with Gasteiger partial charge in [-0.2, -0.15) is 0 Å². The summed E-state index contributed by atoms with van der Waals surface area (Å²) in [6.45, 7) is 1.73. The number of aliphatic hydroxyl groups excluding tert-OH is 1. The predicted molar refractivity (Wildman–Crippen MR) is 111 cm³/mol. The Balaban J connectivity index is 5.10. The van der Waals surface area contributed by atoms with E-state index >= 15 is 0 Å². The summed E-state index contributed by atoms with van der Waals surface area (Å²) in [5.41, 5.74) is 26.5. The van der Waals surface area contributed by atoms with Gasteiger partial charge in [-0.1, -0.05) is 0 Å². The molecule has 0 aromatic rings. The van der Waals surface area contributed by atoms with Crippen LogP contribution in [0.3, 0.4) is 0 Å². The summed E-state index contributed by atoms with van der Waals surface area (Å²) in [7, 11) is 0. The maximum atomic E-state index is 12.6. The normalized spacial score (nSPS) is 14.5. The molecule has 0 radical (unpaired) electrons. The summed E-state index contributed by atoms with van der Waals surface area (Å²) < 4.78 is 0. The number of rotatable bonds is 14. The second-order valence-corrected chi connectivity index (χ2v) is 6.62. The molecule has 0 saturated heterocycles. The van der Waals surface area contributed by atoms with E-state index in [1.165, 1.54) is 6.92 Å². The lowest BCUT2D eigenvalue weighted by Gasteiger charge is -2.23. The highest BCUT2D eigenvalue weighted by Gasteiger charge is 2.28. The highest BCUT2D eigenvalue weighted by atomic mass is 16.4. The molecule has 0 aliphatic carbocycles. The smallest absolute Gasteiger partial charge is 0.326 e. The van der Waals surface area contributed by atoms with Crippen molar-refractivity contribution in [2.45, 2.75) is 56.8 Å². The van der Waals surface area contributed by atoms with Crippen LogP contribution >= 0.6 is 0 Å². The summed E-state index contributed by atoms with van der Waals surface area (Å²) in [6.07, 6.45) is -0.329. The second-order valence-electron chi connectivity index (χ2n) is 6.62. The number of carboxylic acids is 1. The number of hydrogen-bond donors (Lipinski definition) is 9. The van der Waals surface area contributed by atoms with Crippen LogP contribution in [0.1, 0.15) is 32.6 Å². The monoisotopic (exact) mass is 431 g/mol. The molecule has 0 rings (SSSR count). The number of hydrogen-bond acceptors (Lipinski definition) is 7. The Hall–Kier alpha value is -3.13. The maximum Gasteiger partial charge on any atom is 0.326 e.